The molecule has 0 heterocycles. The maximum Gasteiger partial charge on any atom is 0.210 e. The summed E-state index contributed by atoms with van der Waals surface area (Å²) in [6.07, 6.45) is 6.55. The van der Waals surface area contributed by atoms with Crippen molar-refractivity contribution in [3.63, 3.8) is 0 Å². The lowest BCUT2D eigenvalue weighted by molar-refractivity contribution is 0.519. The molecular formula is C8H19N2O2S. The highest BCUT2D eigenvalue weighted by molar-refractivity contribution is 7.88. The van der Waals surface area contributed by atoms with Crippen molar-refractivity contribution in [1.82, 2.24) is 4.72 Å². The Morgan fingerprint density at radius 2 is 2.08 bits per heavy atom. The van der Waals surface area contributed by atoms with Gasteiger partial charge in [-0.3, -0.25) is 0 Å². The van der Waals surface area contributed by atoms with Crippen molar-refractivity contribution in [3.05, 3.63) is 6.42 Å². The molecule has 0 amide bonds. The number of hydrogen-bond donors (Lipinski definition) is 2. The zero-order chi connectivity index (χ0) is 10.3. The molecule has 0 fully saturated rings. The van der Waals surface area contributed by atoms with E-state index in [0.29, 0.717) is 6.42 Å². The zero-order valence-corrected chi connectivity index (χ0v) is 9.10. The molecule has 1 unspecified atom stereocenters. The van der Waals surface area contributed by atoms with E-state index in [1.165, 1.54) is 0 Å². The number of hydrogen-bond acceptors (Lipinski definition) is 3. The largest absolute Gasteiger partial charge is 0.315 e. The molecule has 0 aromatic heterocycles. The lowest BCUT2D eigenvalue weighted by Gasteiger charge is -2.11. The zero-order valence-electron chi connectivity index (χ0n) is 8.29. The smallest absolute Gasteiger partial charge is 0.210 e. The highest BCUT2D eigenvalue weighted by atomic mass is 32.2. The van der Waals surface area contributed by atoms with Crippen LogP contribution >= 0.6 is 0 Å². The molecule has 0 bridgehead atoms. The average Bonchev–Trinajstić information content (AvgIpc) is 1.94. The van der Waals surface area contributed by atoms with Gasteiger partial charge < -0.3 is 5.73 Å². The van der Waals surface area contributed by atoms with E-state index in [-0.39, 0.29) is 0 Å². The van der Waals surface area contributed by atoms with E-state index in [1.807, 2.05) is 6.92 Å². The molecule has 0 aliphatic heterocycles. The fourth-order valence-corrected chi connectivity index (χ4v) is 1.71. The molecule has 1 radical (unpaired) electrons. The van der Waals surface area contributed by atoms with Crippen molar-refractivity contribution >= 4 is 10.0 Å². The van der Waals surface area contributed by atoms with Crippen LogP contribution in [-0.2, 0) is 10.0 Å². The number of sulfonamides is 1. The summed E-state index contributed by atoms with van der Waals surface area (Å²) >= 11 is 0. The quantitative estimate of drug-likeness (QED) is 0.474. The van der Waals surface area contributed by atoms with Gasteiger partial charge in [-0.15, -0.1) is 0 Å². The standard InChI is InChI=1S/C8H19N2O2S/c1-3-4-5-6-7-8(9)10-13(2,11)12/h3,8,10H,4-7,9H2,1-2H3. The third-order valence-corrected chi connectivity index (χ3v) is 2.35. The Balaban J connectivity index is 3.47. The van der Waals surface area contributed by atoms with E-state index in [0.717, 1.165) is 25.5 Å². The van der Waals surface area contributed by atoms with E-state index in [2.05, 4.69) is 11.1 Å². The van der Waals surface area contributed by atoms with Gasteiger partial charge in [0, 0.05) is 0 Å². The predicted octanol–water partition coefficient (Wildman–Crippen LogP) is 0.605. The first kappa shape index (κ1) is 12.9. The van der Waals surface area contributed by atoms with Crippen LogP contribution in [0.2, 0.25) is 0 Å². The summed E-state index contributed by atoms with van der Waals surface area (Å²) in [5.74, 6) is 0. The summed E-state index contributed by atoms with van der Waals surface area (Å²) in [4.78, 5) is 0. The van der Waals surface area contributed by atoms with Crippen LogP contribution in [0.5, 0.6) is 0 Å². The third kappa shape index (κ3) is 9.79. The van der Waals surface area contributed by atoms with Crippen LogP contribution in [0.4, 0.5) is 0 Å². The molecule has 79 valence electrons. The van der Waals surface area contributed by atoms with Crippen LogP contribution in [0.3, 0.4) is 0 Å². The lowest BCUT2D eigenvalue weighted by Crippen LogP contribution is -2.40. The Kier molecular flexibility index (Phi) is 6.28. The number of nitrogens with two attached hydrogens (primary N) is 1. The highest BCUT2D eigenvalue weighted by Crippen LogP contribution is 2.02. The fraction of sp³-hybridized carbons (Fsp3) is 0.875. The summed E-state index contributed by atoms with van der Waals surface area (Å²) in [7, 11) is -3.15. The minimum Gasteiger partial charge on any atom is -0.315 e. The van der Waals surface area contributed by atoms with E-state index < -0.39 is 16.2 Å². The van der Waals surface area contributed by atoms with E-state index in [1.54, 1.807) is 0 Å². The Labute approximate surface area is 80.9 Å². The van der Waals surface area contributed by atoms with Crippen molar-refractivity contribution in [2.24, 2.45) is 5.73 Å². The maximum atomic E-state index is 10.7. The van der Waals surface area contributed by atoms with Crippen molar-refractivity contribution in [3.8, 4) is 0 Å². The monoisotopic (exact) mass is 207 g/mol. The van der Waals surface area contributed by atoms with Gasteiger partial charge in [-0.2, -0.15) is 4.72 Å². The molecule has 0 aromatic carbocycles. The van der Waals surface area contributed by atoms with Gasteiger partial charge in [0.05, 0.1) is 12.4 Å². The first-order chi connectivity index (χ1) is 5.95. The van der Waals surface area contributed by atoms with Crippen molar-refractivity contribution < 1.29 is 8.42 Å². The summed E-state index contributed by atoms with van der Waals surface area (Å²) < 4.78 is 23.8. The molecule has 5 heteroatoms. The van der Waals surface area contributed by atoms with Gasteiger partial charge in [0.2, 0.25) is 10.0 Å². The number of unbranched alkanes of at least 4 members (excludes halogenated alkanes) is 3. The van der Waals surface area contributed by atoms with E-state index in [4.69, 9.17) is 5.73 Å². The summed E-state index contributed by atoms with van der Waals surface area (Å²) in [5, 5.41) is 0. The maximum absolute atomic E-state index is 10.7. The van der Waals surface area contributed by atoms with Crippen molar-refractivity contribution in [1.29, 1.82) is 0 Å². The number of nitrogens with one attached hydrogen (secondary N) is 1. The van der Waals surface area contributed by atoms with Crippen LogP contribution in [0, 0.1) is 6.42 Å². The molecule has 0 aliphatic rings. The van der Waals surface area contributed by atoms with Gasteiger partial charge in [-0.25, -0.2) is 8.42 Å². The van der Waals surface area contributed by atoms with Gasteiger partial charge in [0.15, 0.2) is 0 Å². The molecule has 0 saturated carbocycles. The minimum atomic E-state index is -3.15. The molecule has 0 saturated heterocycles. The van der Waals surface area contributed by atoms with Gasteiger partial charge in [-0.05, 0) is 12.8 Å². The predicted molar refractivity (Wildman–Crippen MR) is 54.4 cm³/mol. The van der Waals surface area contributed by atoms with Gasteiger partial charge in [-0.1, -0.05) is 26.2 Å². The summed E-state index contributed by atoms with van der Waals surface area (Å²) in [6, 6.07) is 0. The molecule has 1 atom stereocenters. The molecule has 4 nitrogen and oxygen atoms in total. The van der Waals surface area contributed by atoms with Crippen LogP contribution in [0.1, 0.15) is 32.6 Å². The van der Waals surface area contributed by atoms with Crippen molar-refractivity contribution in [2.45, 2.75) is 38.8 Å². The van der Waals surface area contributed by atoms with Crippen LogP contribution in [0.25, 0.3) is 0 Å². The average molecular weight is 207 g/mol. The molecular weight excluding hydrogens is 188 g/mol. The van der Waals surface area contributed by atoms with Crippen molar-refractivity contribution in [2.75, 3.05) is 6.26 Å². The first-order valence-electron chi connectivity index (χ1n) is 4.46. The Morgan fingerprint density at radius 1 is 1.46 bits per heavy atom. The second-order valence-electron chi connectivity index (χ2n) is 3.19. The molecule has 0 rings (SSSR count). The Morgan fingerprint density at radius 3 is 2.54 bits per heavy atom. The molecule has 0 aliphatic carbocycles. The Hall–Kier alpha value is -0.130. The van der Waals surface area contributed by atoms with Crippen LogP contribution in [0.15, 0.2) is 0 Å². The molecule has 0 spiro atoms. The highest BCUT2D eigenvalue weighted by Gasteiger charge is 2.07. The normalized spacial score (nSPS) is 14.4. The molecule has 13 heavy (non-hydrogen) atoms. The Bertz CT molecular complexity index is 214. The molecule has 3 N–H and O–H groups in total. The van der Waals surface area contributed by atoms with Gasteiger partial charge >= 0.3 is 0 Å². The summed E-state index contributed by atoms with van der Waals surface area (Å²) in [5.41, 5.74) is 5.54. The van der Waals surface area contributed by atoms with E-state index >= 15 is 0 Å². The fourth-order valence-electron chi connectivity index (χ4n) is 1.05. The topological polar surface area (TPSA) is 72.2 Å². The first-order valence-corrected chi connectivity index (χ1v) is 6.35. The SMILES string of the molecule is C[CH]CCCCC(N)NS(C)(=O)=O. The van der Waals surface area contributed by atoms with Crippen LogP contribution < -0.4 is 10.5 Å². The summed E-state index contributed by atoms with van der Waals surface area (Å²) in [6.45, 7) is 2.01. The van der Waals surface area contributed by atoms with Crippen LogP contribution in [-0.4, -0.2) is 20.8 Å². The van der Waals surface area contributed by atoms with Gasteiger partial charge in [0.25, 0.3) is 0 Å². The second kappa shape index (κ2) is 6.34. The number of rotatable bonds is 7. The van der Waals surface area contributed by atoms with Gasteiger partial charge in [0.1, 0.15) is 0 Å². The molecule has 0 aromatic rings. The lowest BCUT2D eigenvalue weighted by atomic mass is 10.1. The third-order valence-electron chi connectivity index (χ3n) is 1.62. The van der Waals surface area contributed by atoms with E-state index in [9.17, 15) is 8.42 Å². The minimum absolute atomic E-state index is 0.438. The second-order valence-corrected chi connectivity index (χ2v) is 4.97.